The summed E-state index contributed by atoms with van der Waals surface area (Å²) in [5.41, 5.74) is 3.20. The molecule has 2 aromatic carbocycles. The van der Waals surface area contributed by atoms with E-state index < -0.39 is 11.8 Å². The van der Waals surface area contributed by atoms with Crippen molar-refractivity contribution in [3.05, 3.63) is 82.2 Å². The highest BCUT2D eigenvalue weighted by molar-refractivity contribution is 6.42. The lowest BCUT2D eigenvalue weighted by Crippen LogP contribution is -2.37. The highest BCUT2D eigenvalue weighted by atomic mass is 35.5. The third kappa shape index (κ3) is 7.67. The second-order valence-corrected chi connectivity index (χ2v) is 7.31. The number of halogens is 2. The highest BCUT2D eigenvalue weighted by Crippen LogP contribution is 2.25. The fraction of sp³-hybridized carbons (Fsp3) is 0.0909. The molecule has 33 heavy (non-hydrogen) atoms. The summed E-state index contributed by atoms with van der Waals surface area (Å²) in [6, 6.07) is 14.7. The molecule has 0 aliphatic carbocycles. The molecule has 0 saturated heterocycles. The Bertz CT molecular complexity index is 1170. The zero-order valence-electron chi connectivity index (χ0n) is 17.0. The molecule has 3 amide bonds. The third-order valence-corrected chi connectivity index (χ3v) is 4.76. The SMILES string of the molecule is O=C(COc1cccc(/C=N\NC(=O)C(=O)NCc2ccco2)c1)Nc1ccc(Cl)c(Cl)c1. The van der Waals surface area contributed by atoms with Crippen molar-refractivity contribution in [2.75, 3.05) is 11.9 Å². The molecule has 0 fully saturated rings. The molecule has 0 aliphatic rings. The lowest BCUT2D eigenvalue weighted by atomic mass is 10.2. The van der Waals surface area contributed by atoms with Gasteiger partial charge in [0.15, 0.2) is 6.61 Å². The van der Waals surface area contributed by atoms with Crippen LogP contribution in [-0.2, 0) is 20.9 Å². The summed E-state index contributed by atoms with van der Waals surface area (Å²) in [6.07, 6.45) is 2.80. The maximum absolute atomic E-state index is 12.1. The number of carbonyl (C=O) groups is 3. The number of benzene rings is 2. The number of furan rings is 1. The first-order valence-electron chi connectivity index (χ1n) is 9.52. The van der Waals surface area contributed by atoms with Gasteiger partial charge in [0, 0.05) is 5.69 Å². The fourth-order valence-corrected chi connectivity index (χ4v) is 2.78. The second kappa shape index (κ2) is 11.7. The molecular weight excluding hydrogens is 471 g/mol. The Hall–Kier alpha value is -3.82. The molecule has 170 valence electrons. The number of hydrogen-bond donors (Lipinski definition) is 3. The van der Waals surface area contributed by atoms with Crippen molar-refractivity contribution in [2.45, 2.75) is 6.54 Å². The van der Waals surface area contributed by atoms with E-state index in [1.165, 1.54) is 18.5 Å². The van der Waals surface area contributed by atoms with Crippen LogP contribution >= 0.6 is 23.2 Å². The van der Waals surface area contributed by atoms with Crippen LogP contribution in [0.1, 0.15) is 11.3 Å². The quantitative estimate of drug-likeness (QED) is 0.255. The van der Waals surface area contributed by atoms with Crippen LogP contribution in [0.5, 0.6) is 5.75 Å². The number of hydrazone groups is 1. The number of nitrogens with zero attached hydrogens (tertiary/aromatic N) is 1. The standard InChI is InChI=1S/C22H18Cl2N4O5/c23-18-7-6-15(10-19(18)24)27-20(29)13-33-16-4-1-3-14(9-16)11-26-28-22(31)21(30)25-12-17-5-2-8-32-17/h1-11H,12-13H2,(H,25,30)(H,27,29)(H,28,31)/b26-11-. The summed E-state index contributed by atoms with van der Waals surface area (Å²) in [4.78, 5) is 35.6. The summed E-state index contributed by atoms with van der Waals surface area (Å²) in [5.74, 6) is -1.24. The first-order chi connectivity index (χ1) is 15.9. The molecule has 3 N–H and O–H groups in total. The predicted octanol–water partition coefficient (Wildman–Crippen LogP) is 3.37. The van der Waals surface area contributed by atoms with E-state index in [4.69, 9.17) is 32.4 Å². The Morgan fingerprint density at radius 2 is 1.85 bits per heavy atom. The van der Waals surface area contributed by atoms with Crippen LogP contribution in [0.25, 0.3) is 0 Å². The average Bonchev–Trinajstić information content (AvgIpc) is 3.32. The maximum Gasteiger partial charge on any atom is 0.329 e. The van der Waals surface area contributed by atoms with Gasteiger partial charge in [-0.3, -0.25) is 14.4 Å². The van der Waals surface area contributed by atoms with Crippen molar-refractivity contribution in [3.63, 3.8) is 0 Å². The van der Waals surface area contributed by atoms with E-state index >= 15 is 0 Å². The summed E-state index contributed by atoms with van der Waals surface area (Å²) in [5, 5.41) is 9.51. The van der Waals surface area contributed by atoms with E-state index in [0.717, 1.165) is 0 Å². The van der Waals surface area contributed by atoms with E-state index in [9.17, 15) is 14.4 Å². The van der Waals surface area contributed by atoms with Gasteiger partial charge in [0.2, 0.25) is 0 Å². The van der Waals surface area contributed by atoms with Crippen LogP contribution in [0.3, 0.4) is 0 Å². The summed E-state index contributed by atoms with van der Waals surface area (Å²) < 4.78 is 10.5. The van der Waals surface area contributed by atoms with Gasteiger partial charge >= 0.3 is 11.8 Å². The van der Waals surface area contributed by atoms with Gasteiger partial charge in [-0.1, -0.05) is 35.3 Å². The zero-order chi connectivity index (χ0) is 23.6. The molecule has 1 aromatic heterocycles. The van der Waals surface area contributed by atoms with Gasteiger partial charge < -0.3 is 19.8 Å². The van der Waals surface area contributed by atoms with Crippen LogP contribution in [0, 0.1) is 0 Å². The molecule has 0 radical (unpaired) electrons. The van der Waals surface area contributed by atoms with Crippen molar-refractivity contribution in [3.8, 4) is 5.75 Å². The summed E-state index contributed by atoms with van der Waals surface area (Å²) in [6.45, 7) is -0.158. The largest absolute Gasteiger partial charge is 0.484 e. The molecular formula is C22H18Cl2N4O5. The van der Waals surface area contributed by atoms with Crippen LogP contribution in [0.2, 0.25) is 10.0 Å². The number of nitrogens with one attached hydrogen (secondary N) is 3. The highest BCUT2D eigenvalue weighted by Gasteiger charge is 2.12. The first-order valence-corrected chi connectivity index (χ1v) is 10.3. The van der Waals surface area contributed by atoms with E-state index in [1.807, 2.05) is 0 Å². The molecule has 3 aromatic rings. The summed E-state index contributed by atoms with van der Waals surface area (Å²) in [7, 11) is 0. The van der Waals surface area contributed by atoms with Gasteiger partial charge in [0.1, 0.15) is 11.5 Å². The molecule has 0 unspecified atom stereocenters. The lowest BCUT2D eigenvalue weighted by molar-refractivity contribution is -0.139. The maximum atomic E-state index is 12.1. The Balaban J connectivity index is 1.45. The Kier molecular flexibility index (Phi) is 8.45. The molecule has 0 spiro atoms. The van der Waals surface area contributed by atoms with Gasteiger partial charge in [-0.05, 0) is 48.0 Å². The molecule has 1 heterocycles. The molecule has 0 aliphatic heterocycles. The Morgan fingerprint density at radius 1 is 1.00 bits per heavy atom. The number of amides is 3. The molecule has 3 rings (SSSR count). The van der Waals surface area contributed by atoms with Crippen LogP contribution < -0.4 is 20.8 Å². The number of carbonyl (C=O) groups excluding carboxylic acids is 3. The van der Waals surface area contributed by atoms with E-state index in [1.54, 1.807) is 48.5 Å². The van der Waals surface area contributed by atoms with Crippen LogP contribution in [-0.4, -0.2) is 30.5 Å². The van der Waals surface area contributed by atoms with E-state index in [-0.39, 0.29) is 19.1 Å². The molecule has 0 bridgehead atoms. The van der Waals surface area contributed by atoms with Crippen molar-refractivity contribution in [2.24, 2.45) is 5.10 Å². The molecule has 11 heteroatoms. The average molecular weight is 489 g/mol. The fourth-order valence-electron chi connectivity index (χ4n) is 2.48. The van der Waals surface area contributed by atoms with Crippen molar-refractivity contribution in [1.82, 2.24) is 10.7 Å². The van der Waals surface area contributed by atoms with Gasteiger partial charge in [-0.25, -0.2) is 5.43 Å². The van der Waals surface area contributed by atoms with Gasteiger partial charge in [-0.15, -0.1) is 0 Å². The van der Waals surface area contributed by atoms with Crippen LogP contribution in [0.4, 0.5) is 5.69 Å². The minimum Gasteiger partial charge on any atom is -0.484 e. The first kappa shape index (κ1) is 23.8. The lowest BCUT2D eigenvalue weighted by Gasteiger charge is -2.08. The normalized spacial score (nSPS) is 10.6. The van der Waals surface area contributed by atoms with Gasteiger partial charge in [-0.2, -0.15) is 5.10 Å². The van der Waals surface area contributed by atoms with E-state index in [2.05, 4.69) is 21.2 Å². The van der Waals surface area contributed by atoms with Crippen molar-refractivity contribution >= 4 is 52.8 Å². The minimum atomic E-state index is -0.927. The topological polar surface area (TPSA) is 122 Å². The van der Waals surface area contributed by atoms with E-state index in [0.29, 0.717) is 32.8 Å². The smallest absolute Gasteiger partial charge is 0.329 e. The number of anilines is 1. The monoisotopic (exact) mass is 488 g/mol. The third-order valence-electron chi connectivity index (χ3n) is 4.02. The number of rotatable bonds is 8. The predicted molar refractivity (Wildman–Crippen MR) is 123 cm³/mol. The number of hydrogen-bond acceptors (Lipinski definition) is 6. The van der Waals surface area contributed by atoms with Crippen molar-refractivity contribution in [1.29, 1.82) is 0 Å². The number of ether oxygens (including phenoxy) is 1. The Morgan fingerprint density at radius 3 is 2.61 bits per heavy atom. The second-order valence-electron chi connectivity index (χ2n) is 6.50. The van der Waals surface area contributed by atoms with Gasteiger partial charge in [0.05, 0.1) is 29.1 Å². The molecule has 0 atom stereocenters. The minimum absolute atomic E-state index is 0.0843. The van der Waals surface area contributed by atoms with Crippen LogP contribution in [0.15, 0.2) is 70.4 Å². The summed E-state index contributed by atoms with van der Waals surface area (Å²) >= 11 is 11.8. The molecule has 0 saturated carbocycles. The van der Waals surface area contributed by atoms with Crippen molar-refractivity contribution < 1.29 is 23.5 Å². The zero-order valence-corrected chi connectivity index (χ0v) is 18.5. The van der Waals surface area contributed by atoms with Gasteiger partial charge in [0.25, 0.3) is 5.91 Å². The Labute approximate surface area is 198 Å². The molecule has 9 nitrogen and oxygen atoms in total.